The molecule has 5 N–H and O–H groups in total. The molecule has 8 heteroatoms. The zero-order chi connectivity index (χ0) is 13.0. The summed E-state index contributed by atoms with van der Waals surface area (Å²) in [5.74, 6) is 5.94. The molecule has 0 radical (unpaired) electrons. The fourth-order valence-electron chi connectivity index (χ4n) is 1.23. The van der Waals surface area contributed by atoms with Crippen molar-refractivity contribution in [2.24, 2.45) is 16.1 Å². The lowest BCUT2D eigenvalue weighted by atomic mass is 10.4. The Morgan fingerprint density at radius 1 is 1.22 bits per heavy atom. The van der Waals surface area contributed by atoms with E-state index in [0.717, 1.165) is 0 Å². The van der Waals surface area contributed by atoms with Gasteiger partial charge < -0.3 is 16.4 Å². The van der Waals surface area contributed by atoms with Crippen LogP contribution in [0.3, 0.4) is 0 Å². The molecule has 0 saturated heterocycles. The number of azo groups is 1. The minimum Gasteiger partial charge on any atom is -0.710 e. The second-order valence-electron chi connectivity index (χ2n) is 3.33. The van der Waals surface area contributed by atoms with Crippen LogP contribution in [-0.4, -0.2) is 4.98 Å². The van der Waals surface area contributed by atoms with Gasteiger partial charge >= 0.3 is 5.82 Å². The summed E-state index contributed by atoms with van der Waals surface area (Å²) in [6.07, 6.45) is 1.33. The van der Waals surface area contributed by atoms with Crippen LogP contribution in [-0.2, 0) is 0 Å². The highest BCUT2D eigenvalue weighted by Gasteiger charge is 2.05. The van der Waals surface area contributed by atoms with Crippen LogP contribution >= 0.6 is 0 Å². The van der Waals surface area contributed by atoms with E-state index in [0.29, 0.717) is 16.2 Å². The molecule has 2 aromatic heterocycles. The van der Waals surface area contributed by atoms with Crippen molar-refractivity contribution >= 4 is 23.1 Å². The van der Waals surface area contributed by atoms with Crippen LogP contribution < -0.4 is 21.7 Å². The fourth-order valence-corrected chi connectivity index (χ4v) is 1.23. The molecular weight excluding hydrogens is 234 g/mol. The fraction of sp³-hybridized carbons (Fsp3) is 0. The highest BCUT2D eigenvalue weighted by Crippen LogP contribution is 2.23. The second kappa shape index (κ2) is 5.06. The number of nitrogens with zero attached hydrogens (tertiary/aromatic N) is 4. The first-order valence-corrected chi connectivity index (χ1v) is 5.04. The molecule has 0 aliphatic rings. The molecule has 18 heavy (non-hydrogen) atoms. The van der Waals surface area contributed by atoms with Gasteiger partial charge in [-0.1, -0.05) is 6.07 Å². The van der Waals surface area contributed by atoms with Crippen LogP contribution in [0.4, 0.5) is 23.1 Å². The van der Waals surface area contributed by atoms with Gasteiger partial charge in [-0.15, -0.1) is 0 Å². The predicted octanol–water partition coefficient (Wildman–Crippen LogP) is 0.998. The Bertz CT molecular complexity index is 584. The van der Waals surface area contributed by atoms with Crippen LogP contribution in [0.5, 0.6) is 0 Å². The highest BCUT2D eigenvalue weighted by atomic mass is 16.5. The molecular formula is C10H11N7O. The number of anilines is 2. The van der Waals surface area contributed by atoms with Crippen LogP contribution in [0, 0.1) is 5.21 Å². The van der Waals surface area contributed by atoms with Crippen molar-refractivity contribution in [1.82, 2.24) is 4.98 Å². The number of hydrogen-bond acceptors (Lipinski definition) is 7. The Morgan fingerprint density at radius 2 is 2.06 bits per heavy atom. The SMILES string of the molecule is NNc1ccc(/N=N/c2cccc[n+]2[O-])c(N)n1. The lowest BCUT2D eigenvalue weighted by Crippen LogP contribution is -2.24. The molecule has 2 aromatic rings. The maximum absolute atomic E-state index is 11.3. The first-order valence-electron chi connectivity index (χ1n) is 5.04. The van der Waals surface area contributed by atoms with Gasteiger partial charge in [-0.3, -0.25) is 0 Å². The van der Waals surface area contributed by atoms with Gasteiger partial charge in [0.25, 0.3) is 0 Å². The van der Waals surface area contributed by atoms with E-state index >= 15 is 0 Å². The van der Waals surface area contributed by atoms with Crippen molar-refractivity contribution in [3.63, 3.8) is 0 Å². The van der Waals surface area contributed by atoms with Gasteiger partial charge in [0.15, 0.2) is 11.5 Å². The van der Waals surface area contributed by atoms with Gasteiger partial charge in [-0.2, -0.15) is 0 Å². The number of hydrazine groups is 1. The summed E-state index contributed by atoms with van der Waals surface area (Å²) in [6, 6.07) is 8.02. The molecule has 0 aromatic carbocycles. The Labute approximate surface area is 103 Å². The maximum Gasteiger partial charge on any atom is 0.353 e. The summed E-state index contributed by atoms with van der Waals surface area (Å²) in [5.41, 5.74) is 8.37. The molecule has 0 unspecified atom stereocenters. The molecule has 2 heterocycles. The molecule has 0 bridgehead atoms. The number of nitrogens with two attached hydrogens (primary N) is 2. The first kappa shape index (κ1) is 11.7. The Morgan fingerprint density at radius 3 is 2.72 bits per heavy atom. The molecule has 2 rings (SSSR count). The topological polar surface area (TPSA) is 129 Å². The molecule has 0 amide bonds. The van der Waals surface area contributed by atoms with E-state index in [9.17, 15) is 5.21 Å². The minimum atomic E-state index is 0.165. The third-order valence-corrected chi connectivity index (χ3v) is 2.11. The van der Waals surface area contributed by atoms with Gasteiger partial charge in [0.05, 0.1) is 11.3 Å². The van der Waals surface area contributed by atoms with E-state index in [1.165, 1.54) is 12.3 Å². The van der Waals surface area contributed by atoms with Crippen LogP contribution in [0.25, 0.3) is 0 Å². The van der Waals surface area contributed by atoms with Gasteiger partial charge in [-0.25, -0.2) is 15.6 Å². The molecule has 8 nitrogen and oxygen atoms in total. The number of nitrogens with one attached hydrogen (secondary N) is 1. The van der Waals surface area contributed by atoms with E-state index in [2.05, 4.69) is 20.6 Å². The van der Waals surface area contributed by atoms with Crippen LogP contribution in [0.1, 0.15) is 0 Å². The normalized spacial score (nSPS) is 10.7. The van der Waals surface area contributed by atoms with Crippen molar-refractivity contribution in [3.05, 3.63) is 41.7 Å². The third kappa shape index (κ3) is 2.50. The molecule has 0 saturated carbocycles. The van der Waals surface area contributed by atoms with E-state index < -0.39 is 0 Å². The van der Waals surface area contributed by atoms with Gasteiger partial charge in [0, 0.05) is 6.07 Å². The Balaban J connectivity index is 2.27. The van der Waals surface area contributed by atoms with Crippen molar-refractivity contribution in [2.75, 3.05) is 11.2 Å². The molecule has 0 fully saturated rings. The smallest absolute Gasteiger partial charge is 0.353 e. The molecule has 0 spiro atoms. The second-order valence-corrected chi connectivity index (χ2v) is 3.33. The van der Waals surface area contributed by atoms with Crippen LogP contribution in [0.15, 0.2) is 46.8 Å². The summed E-state index contributed by atoms with van der Waals surface area (Å²) < 4.78 is 0.600. The molecule has 0 aliphatic carbocycles. The van der Waals surface area contributed by atoms with Gasteiger partial charge in [-0.05, 0) is 23.3 Å². The number of rotatable bonds is 3. The lowest BCUT2D eigenvalue weighted by molar-refractivity contribution is -0.591. The summed E-state index contributed by atoms with van der Waals surface area (Å²) >= 11 is 0. The molecule has 0 atom stereocenters. The van der Waals surface area contributed by atoms with Crippen molar-refractivity contribution < 1.29 is 4.73 Å². The van der Waals surface area contributed by atoms with E-state index in [1.807, 2.05) is 0 Å². The van der Waals surface area contributed by atoms with Gasteiger partial charge in [0.1, 0.15) is 5.82 Å². The summed E-state index contributed by atoms with van der Waals surface area (Å²) in [6.45, 7) is 0. The highest BCUT2D eigenvalue weighted by molar-refractivity contribution is 5.60. The standard InChI is InChI=1S/C10H11N7O/c11-10-7(4-5-8(13-10)14-12)15-16-9-3-1-2-6-17(9)18/h1-6H,12H2,(H3,11,13,14)/b16-15+. The van der Waals surface area contributed by atoms with Crippen molar-refractivity contribution in [2.45, 2.75) is 0 Å². The summed E-state index contributed by atoms with van der Waals surface area (Å²) in [7, 11) is 0. The number of pyridine rings is 2. The average Bonchev–Trinajstić information content (AvgIpc) is 2.39. The monoisotopic (exact) mass is 245 g/mol. The third-order valence-electron chi connectivity index (χ3n) is 2.11. The Kier molecular flexibility index (Phi) is 3.30. The summed E-state index contributed by atoms with van der Waals surface area (Å²) in [4.78, 5) is 3.93. The zero-order valence-corrected chi connectivity index (χ0v) is 9.32. The molecule has 92 valence electrons. The van der Waals surface area contributed by atoms with E-state index in [1.54, 1.807) is 24.3 Å². The van der Waals surface area contributed by atoms with Crippen LogP contribution in [0.2, 0.25) is 0 Å². The first-order chi connectivity index (χ1) is 8.70. The maximum atomic E-state index is 11.3. The summed E-state index contributed by atoms with van der Waals surface area (Å²) in [5, 5.41) is 19.0. The zero-order valence-electron chi connectivity index (χ0n) is 9.32. The van der Waals surface area contributed by atoms with Gasteiger partial charge in [0.2, 0.25) is 0 Å². The number of aromatic nitrogens is 2. The van der Waals surface area contributed by atoms with Crippen molar-refractivity contribution in [1.29, 1.82) is 0 Å². The van der Waals surface area contributed by atoms with Crippen molar-refractivity contribution in [3.8, 4) is 0 Å². The number of hydrogen-bond donors (Lipinski definition) is 3. The van der Waals surface area contributed by atoms with E-state index in [-0.39, 0.29) is 11.6 Å². The lowest BCUT2D eigenvalue weighted by Gasteiger charge is -2.01. The Hall–Kier alpha value is -2.74. The average molecular weight is 245 g/mol. The van der Waals surface area contributed by atoms with E-state index in [4.69, 9.17) is 11.6 Å². The quantitative estimate of drug-likeness (QED) is 0.244. The largest absolute Gasteiger partial charge is 0.710 e. The number of nitrogen functional groups attached to an aromatic ring is 2. The molecule has 0 aliphatic heterocycles. The predicted molar refractivity (Wildman–Crippen MR) is 66.0 cm³/mol. The minimum absolute atomic E-state index is 0.165.